The fraction of sp³-hybridized carbons (Fsp3) is 0.300. The fourth-order valence-electron chi connectivity index (χ4n) is 1.43. The Labute approximate surface area is 107 Å². The third-order valence-electron chi connectivity index (χ3n) is 2.31. The zero-order chi connectivity index (χ0) is 13.8. The summed E-state index contributed by atoms with van der Waals surface area (Å²) in [4.78, 5) is 33.1. The van der Waals surface area contributed by atoms with E-state index in [1.807, 2.05) is 0 Å². The third kappa shape index (κ3) is 3.15. The van der Waals surface area contributed by atoms with Crippen LogP contribution in [-0.4, -0.2) is 43.1 Å². The lowest BCUT2D eigenvalue weighted by molar-refractivity contribution is -0.139. The third-order valence-corrected chi connectivity index (χ3v) is 2.31. The molecule has 9 nitrogen and oxygen atoms in total. The molecule has 100 valence electrons. The van der Waals surface area contributed by atoms with E-state index < -0.39 is 17.9 Å². The minimum Gasteiger partial charge on any atom is -0.480 e. The first-order valence-electron chi connectivity index (χ1n) is 5.37. The van der Waals surface area contributed by atoms with E-state index in [4.69, 9.17) is 5.11 Å². The number of aromatic amines is 1. The molecule has 0 spiro atoms. The normalized spacial score (nSPS) is 12.1. The number of carboxylic acids is 1. The highest BCUT2D eigenvalue weighted by atomic mass is 16.5. The molecule has 1 atom stereocenters. The van der Waals surface area contributed by atoms with Crippen molar-refractivity contribution in [2.75, 3.05) is 0 Å². The van der Waals surface area contributed by atoms with Gasteiger partial charge in [0.2, 0.25) is 5.89 Å². The number of aliphatic carboxylic acids is 1. The number of carbonyl (C=O) groups excluding carboxylic acids is 1. The predicted molar refractivity (Wildman–Crippen MR) is 60.2 cm³/mol. The minimum atomic E-state index is -1.16. The van der Waals surface area contributed by atoms with Crippen molar-refractivity contribution in [3.05, 3.63) is 29.9 Å². The van der Waals surface area contributed by atoms with Gasteiger partial charge in [0.05, 0.1) is 6.33 Å². The molecule has 0 bridgehead atoms. The molecule has 2 aromatic rings. The number of hydrogen-bond donors (Lipinski definition) is 3. The minimum absolute atomic E-state index is 0.0813. The Morgan fingerprint density at radius 3 is 2.89 bits per heavy atom. The van der Waals surface area contributed by atoms with Crippen LogP contribution in [0.4, 0.5) is 0 Å². The molecule has 0 radical (unpaired) electrons. The van der Waals surface area contributed by atoms with Gasteiger partial charge in [-0.05, 0) is 0 Å². The summed E-state index contributed by atoms with van der Waals surface area (Å²) in [5.41, 5.74) is 0.594. The summed E-state index contributed by atoms with van der Waals surface area (Å²) >= 11 is 0. The highest BCUT2D eigenvalue weighted by Gasteiger charge is 2.23. The smallest absolute Gasteiger partial charge is 0.326 e. The molecule has 1 unspecified atom stereocenters. The number of carboxylic acid groups (broad SMARTS) is 1. The molecule has 19 heavy (non-hydrogen) atoms. The first-order chi connectivity index (χ1) is 9.06. The maximum atomic E-state index is 11.7. The van der Waals surface area contributed by atoms with Crippen LogP contribution in [-0.2, 0) is 11.2 Å². The summed E-state index contributed by atoms with van der Waals surface area (Å²) in [5, 5.41) is 14.8. The van der Waals surface area contributed by atoms with Crippen molar-refractivity contribution in [3.63, 3.8) is 0 Å². The van der Waals surface area contributed by atoms with E-state index in [9.17, 15) is 9.59 Å². The van der Waals surface area contributed by atoms with Crippen molar-refractivity contribution in [1.29, 1.82) is 0 Å². The van der Waals surface area contributed by atoms with Gasteiger partial charge in [-0.25, -0.2) is 9.78 Å². The van der Waals surface area contributed by atoms with Gasteiger partial charge in [-0.2, -0.15) is 4.98 Å². The molecule has 0 aliphatic rings. The van der Waals surface area contributed by atoms with Gasteiger partial charge in [-0.1, -0.05) is 5.16 Å². The maximum absolute atomic E-state index is 11.7. The zero-order valence-electron chi connectivity index (χ0n) is 9.95. The first kappa shape index (κ1) is 12.7. The lowest BCUT2D eigenvalue weighted by Crippen LogP contribution is -2.42. The van der Waals surface area contributed by atoms with Crippen molar-refractivity contribution in [1.82, 2.24) is 25.4 Å². The average Bonchev–Trinajstić information content (AvgIpc) is 2.99. The number of H-pyrrole nitrogens is 1. The molecule has 0 saturated carbocycles. The second-order valence-corrected chi connectivity index (χ2v) is 3.78. The average molecular weight is 265 g/mol. The largest absolute Gasteiger partial charge is 0.480 e. The molecule has 2 heterocycles. The number of nitrogens with one attached hydrogen (secondary N) is 2. The van der Waals surface area contributed by atoms with Gasteiger partial charge >= 0.3 is 5.97 Å². The fourth-order valence-corrected chi connectivity index (χ4v) is 1.43. The Bertz CT molecular complexity index is 577. The van der Waals surface area contributed by atoms with E-state index in [1.54, 1.807) is 0 Å². The van der Waals surface area contributed by atoms with Crippen molar-refractivity contribution in [2.45, 2.75) is 19.4 Å². The van der Waals surface area contributed by atoms with Crippen LogP contribution in [0.15, 0.2) is 17.0 Å². The number of aryl methyl sites for hydroxylation is 1. The van der Waals surface area contributed by atoms with Gasteiger partial charge < -0.3 is 19.9 Å². The summed E-state index contributed by atoms with van der Waals surface area (Å²) in [7, 11) is 0. The molecule has 1 amide bonds. The van der Waals surface area contributed by atoms with Crippen LogP contribution in [0.2, 0.25) is 0 Å². The predicted octanol–water partition coefficient (Wildman–Crippen LogP) is -0.473. The number of aromatic nitrogens is 4. The quantitative estimate of drug-likeness (QED) is 0.665. The number of carbonyl (C=O) groups is 2. The Morgan fingerprint density at radius 1 is 1.58 bits per heavy atom. The van der Waals surface area contributed by atoms with Crippen LogP contribution in [0.5, 0.6) is 0 Å². The van der Waals surface area contributed by atoms with Crippen molar-refractivity contribution in [2.24, 2.45) is 0 Å². The first-order valence-corrected chi connectivity index (χ1v) is 5.37. The number of nitrogens with zero attached hydrogens (tertiary/aromatic N) is 3. The Hall–Kier alpha value is -2.71. The van der Waals surface area contributed by atoms with Crippen molar-refractivity contribution >= 4 is 11.9 Å². The molecular weight excluding hydrogens is 254 g/mol. The van der Waals surface area contributed by atoms with Crippen LogP contribution in [0, 0.1) is 6.92 Å². The van der Waals surface area contributed by atoms with Gasteiger partial charge in [0, 0.05) is 25.2 Å². The van der Waals surface area contributed by atoms with Gasteiger partial charge in [0.15, 0.2) is 0 Å². The van der Waals surface area contributed by atoms with Crippen molar-refractivity contribution < 1.29 is 19.2 Å². The number of hydrogen-bond acceptors (Lipinski definition) is 6. The number of rotatable bonds is 5. The molecule has 0 aliphatic heterocycles. The van der Waals surface area contributed by atoms with E-state index in [0.717, 1.165) is 0 Å². The van der Waals surface area contributed by atoms with Gasteiger partial charge in [-0.15, -0.1) is 0 Å². The van der Waals surface area contributed by atoms with E-state index in [0.29, 0.717) is 5.69 Å². The van der Waals surface area contributed by atoms with Gasteiger partial charge in [-0.3, -0.25) is 4.79 Å². The van der Waals surface area contributed by atoms with E-state index in [2.05, 4.69) is 29.9 Å². The molecular formula is C10H11N5O4. The maximum Gasteiger partial charge on any atom is 0.326 e. The molecule has 0 saturated heterocycles. The van der Waals surface area contributed by atoms with Crippen LogP contribution in [0.25, 0.3) is 0 Å². The number of amides is 1. The Morgan fingerprint density at radius 2 is 2.37 bits per heavy atom. The van der Waals surface area contributed by atoms with Gasteiger partial charge in [0.1, 0.15) is 6.04 Å². The van der Waals surface area contributed by atoms with Crippen LogP contribution in [0.1, 0.15) is 22.2 Å². The summed E-state index contributed by atoms with van der Waals surface area (Å²) < 4.78 is 4.65. The Kier molecular flexibility index (Phi) is 3.55. The number of imidazole rings is 1. The molecule has 2 rings (SSSR count). The van der Waals surface area contributed by atoms with Gasteiger partial charge in [0.25, 0.3) is 11.7 Å². The Balaban J connectivity index is 2.04. The zero-order valence-corrected chi connectivity index (χ0v) is 9.95. The van der Waals surface area contributed by atoms with Crippen molar-refractivity contribution in [3.8, 4) is 0 Å². The molecule has 0 fully saturated rings. The molecule has 3 N–H and O–H groups in total. The lowest BCUT2D eigenvalue weighted by Gasteiger charge is -2.11. The topological polar surface area (TPSA) is 134 Å². The molecule has 9 heteroatoms. The van der Waals surface area contributed by atoms with E-state index in [1.165, 1.54) is 19.4 Å². The van der Waals surface area contributed by atoms with Crippen LogP contribution in [0.3, 0.4) is 0 Å². The second kappa shape index (κ2) is 5.29. The highest BCUT2D eigenvalue weighted by Crippen LogP contribution is 2.01. The summed E-state index contributed by atoms with van der Waals surface area (Å²) in [6, 6.07) is -1.10. The highest BCUT2D eigenvalue weighted by molar-refractivity contribution is 5.93. The van der Waals surface area contributed by atoms with Crippen LogP contribution >= 0.6 is 0 Å². The summed E-state index contributed by atoms with van der Waals surface area (Å²) in [6.07, 6.45) is 3.00. The lowest BCUT2D eigenvalue weighted by atomic mass is 10.1. The van der Waals surface area contributed by atoms with E-state index in [-0.39, 0.29) is 18.1 Å². The standard InChI is InChI=1S/C10H11N5O4/c1-5-13-8(15-19-5)9(16)14-7(10(17)18)2-6-3-11-4-12-6/h3-4,7H,2H2,1H3,(H,11,12)(H,14,16)(H,17,18). The molecule has 0 aromatic carbocycles. The summed E-state index contributed by atoms with van der Waals surface area (Å²) in [5.74, 6) is -1.84. The second-order valence-electron chi connectivity index (χ2n) is 3.78. The van der Waals surface area contributed by atoms with Crippen LogP contribution < -0.4 is 5.32 Å². The monoisotopic (exact) mass is 265 g/mol. The van der Waals surface area contributed by atoms with E-state index >= 15 is 0 Å². The summed E-state index contributed by atoms with van der Waals surface area (Å²) in [6.45, 7) is 1.53. The molecule has 2 aromatic heterocycles. The SMILES string of the molecule is Cc1nc(C(=O)NC(Cc2cnc[nH]2)C(=O)O)no1. The molecule has 0 aliphatic carbocycles.